The van der Waals surface area contributed by atoms with E-state index in [1.54, 1.807) is 0 Å². The van der Waals surface area contributed by atoms with Gasteiger partial charge in [0.25, 0.3) is 0 Å². The molecular weight excluding hydrogens is 302 g/mol. The third-order valence-corrected chi connectivity index (χ3v) is 6.11. The fraction of sp³-hybridized carbons (Fsp3) is 0.737. The topological polar surface area (TPSA) is 48.8 Å². The zero-order chi connectivity index (χ0) is 16.4. The molecule has 3 aliphatic rings. The van der Waals surface area contributed by atoms with Crippen LogP contribution in [0.2, 0.25) is 0 Å². The molecule has 0 amide bonds. The Balaban J connectivity index is 1.40. The molecule has 1 N–H and O–H groups in total. The number of aliphatic hydroxyl groups is 1. The standard InChI is InChI=1S/C19H29N3O2/c23-17-3-1-6-19(17)7-2-8-22(15-19)18-5-4-16(13-20-18)14-21-9-11-24-12-10-21/h4-5,13,17,23H,1-3,6-12,14-15H2/t17-,19-/m1/s1. The van der Waals surface area contributed by atoms with Crippen molar-refractivity contribution < 1.29 is 9.84 Å². The van der Waals surface area contributed by atoms with Gasteiger partial charge in [0.2, 0.25) is 0 Å². The Morgan fingerprint density at radius 3 is 2.71 bits per heavy atom. The Kier molecular flexibility index (Phi) is 4.74. The van der Waals surface area contributed by atoms with Gasteiger partial charge in [-0.1, -0.05) is 12.5 Å². The first-order chi connectivity index (χ1) is 11.8. The van der Waals surface area contributed by atoms with Crippen LogP contribution in [0.25, 0.3) is 0 Å². The molecule has 132 valence electrons. The smallest absolute Gasteiger partial charge is 0.128 e. The van der Waals surface area contributed by atoms with Crippen LogP contribution in [0, 0.1) is 5.41 Å². The van der Waals surface area contributed by atoms with Crippen molar-refractivity contribution in [2.24, 2.45) is 5.41 Å². The number of morpholine rings is 1. The summed E-state index contributed by atoms with van der Waals surface area (Å²) in [5.41, 5.74) is 1.39. The highest BCUT2D eigenvalue weighted by molar-refractivity contribution is 5.40. The van der Waals surface area contributed by atoms with Crippen molar-refractivity contribution in [3.8, 4) is 0 Å². The lowest BCUT2D eigenvalue weighted by Crippen LogP contribution is -2.47. The number of ether oxygens (including phenoxy) is 1. The minimum Gasteiger partial charge on any atom is -0.392 e. The summed E-state index contributed by atoms with van der Waals surface area (Å²) < 4.78 is 5.41. The number of aromatic nitrogens is 1. The molecular formula is C19H29N3O2. The molecule has 0 bridgehead atoms. The van der Waals surface area contributed by atoms with E-state index in [2.05, 4.69) is 21.9 Å². The number of anilines is 1. The van der Waals surface area contributed by atoms with Crippen LogP contribution in [0.1, 0.15) is 37.7 Å². The van der Waals surface area contributed by atoms with Crippen LogP contribution in [0.15, 0.2) is 18.3 Å². The normalized spacial score (nSPS) is 31.7. The second kappa shape index (κ2) is 6.98. The monoisotopic (exact) mass is 331 g/mol. The number of nitrogens with zero attached hydrogens (tertiary/aromatic N) is 3. The molecule has 2 saturated heterocycles. The van der Waals surface area contributed by atoms with Crippen molar-refractivity contribution in [1.29, 1.82) is 0 Å². The van der Waals surface area contributed by atoms with Gasteiger partial charge in [-0.15, -0.1) is 0 Å². The maximum atomic E-state index is 10.4. The molecule has 24 heavy (non-hydrogen) atoms. The molecule has 5 nitrogen and oxygen atoms in total. The third-order valence-electron chi connectivity index (χ3n) is 6.11. The first-order valence-corrected chi connectivity index (χ1v) is 9.43. The van der Waals surface area contributed by atoms with Crippen molar-refractivity contribution in [3.05, 3.63) is 23.9 Å². The van der Waals surface area contributed by atoms with E-state index in [4.69, 9.17) is 9.72 Å². The summed E-state index contributed by atoms with van der Waals surface area (Å²) in [6.45, 7) is 6.67. The molecule has 1 aliphatic carbocycles. The van der Waals surface area contributed by atoms with Gasteiger partial charge in [0, 0.05) is 44.3 Å². The van der Waals surface area contributed by atoms with Crippen LogP contribution >= 0.6 is 0 Å². The Labute approximate surface area is 144 Å². The lowest BCUT2D eigenvalue weighted by Gasteiger charge is -2.43. The zero-order valence-electron chi connectivity index (χ0n) is 14.5. The summed E-state index contributed by atoms with van der Waals surface area (Å²) in [6.07, 6.45) is 7.53. The van der Waals surface area contributed by atoms with Gasteiger partial charge in [-0.25, -0.2) is 4.98 Å². The van der Waals surface area contributed by atoms with Gasteiger partial charge in [-0.3, -0.25) is 4.90 Å². The van der Waals surface area contributed by atoms with E-state index in [9.17, 15) is 5.11 Å². The molecule has 1 aromatic heterocycles. The van der Waals surface area contributed by atoms with E-state index in [0.29, 0.717) is 0 Å². The molecule has 0 aromatic carbocycles. The van der Waals surface area contributed by atoms with Gasteiger partial charge in [-0.2, -0.15) is 0 Å². The van der Waals surface area contributed by atoms with Gasteiger partial charge in [0.15, 0.2) is 0 Å². The molecule has 0 unspecified atom stereocenters. The van der Waals surface area contributed by atoms with Gasteiger partial charge >= 0.3 is 0 Å². The number of rotatable bonds is 3. The van der Waals surface area contributed by atoms with Gasteiger partial charge in [0.05, 0.1) is 19.3 Å². The molecule has 5 heteroatoms. The summed E-state index contributed by atoms with van der Waals surface area (Å²) >= 11 is 0. The first-order valence-electron chi connectivity index (χ1n) is 9.43. The molecule has 4 rings (SSSR count). The van der Waals surface area contributed by atoms with Crippen molar-refractivity contribution in [2.45, 2.75) is 44.8 Å². The number of pyridine rings is 1. The highest BCUT2D eigenvalue weighted by atomic mass is 16.5. The lowest BCUT2D eigenvalue weighted by molar-refractivity contribution is 0.0341. The Morgan fingerprint density at radius 1 is 1.17 bits per heavy atom. The van der Waals surface area contributed by atoms with Crippen LogP contribution in [-0.4, -0.2) is 60.5 Å². The van der Waals surface area contributed by atoms with Crippen LogP contribution in [0.3, 0.4) is 0 Å². The Hall–Kier alpha value is -1.17. The molecule has 2 atom stereocenters. The number of hydrogen-bond acceptors (Lipinski definition) is 5. The maximum Gasteiger partial charge on any atom is 0.128 e. The van der Waals surface area contributed by atoms with Crippen LogP contribution < -0.4 is 4.90 Å². The van der Waals surface area contributed by atoms with E-state index in [1.165, 1.54) is 24.8 Å². The van der Waals surface area contributed by atoms with Gasteiger partial charge < -0.3 is 14.7 Å². The number of aliphatic hydroxyl groups excluding tert-OH is 1. The highest BCUT2D eigenvalue weighted by Gasteiger charge is 2.44. The minimum atomic E-state index is -0.124. The van der Waals surface area contributed by atoms with E-state index in [-0.39, 0.29) is 11.5 Å². The van der Waals surface area contributed by atoms with Crippen molar-refractivity contribution in [2.75, 3.05) is 44.3 Å². The van der Waals surface area contributed by atoms with Gasteiger partial charge in [-0.05, 0) is 37.3 Å². The predicted molar refractivity (Wildman–Crippen MR) is 94.1 cm³/mol. The summed E-state index contributed by atoms with van der Waals surface area (Å²) in [5.74, 6) is 1.07. The average Bonchev–Trinajstić information content (AvgIpc) is 2.96. The molecule has 3 fully saturated rings. The molecule has 1 spiro atoms. The molecule has 1 aromatic rings. The zero-order valence-corrected chi connectivity index (χ0v) is 14.5. The van der Waals surface area contributed by atoms with Crippen molar-refractivity contribution in [3.63, 3.8) is 0 Å². The summed E-state index contributed by atoms with van der Waals surface area (Å²) in [4.78, 5) is 9.54. The highest BCUT2D eigenvalue weighted by Crippen LogP contribution is 2.45. The number of hydrogen-bond donors (Lipinski definition) is 1. The molecule has 0 radical (unpaired) electrons. The van der Waals surface area contributed by atoms with E-state index in [1.807, 2.05) is 6.20 Å². The third kappa shape index (κ3) is 3.30. The van der Waals surface area contributed by atoms with Crippen molar-refractivity contribution >= 4 is 5.82 Å². The fourth-order valence-electron chi connectivity index (χ4n) is 4.67. The second-order valence-corrected chi connectivity index (χ2v) is 7.71. The van der Waals surface area contributed by atoms with Crippen LogP contribution in [0.5, 0.6) is 0 Å². The summed E-state index contributed by atoms with van der Waals surface area (Å²) in [7, 11) is 0. The summed E-state index contributed by atoms with van der Waals surface area (Å²) in [5, 5.41) is 10.4. The van der Waals surface area contributed by atoms with E-state index < -0.39 is 0 Å². The Bertz CT molecular complexity index is 544. The average molecular weight is 331 g/mol. The number of piperidine rings is 1. The fourth-order valence-corrected chi connectivity index (χ4v) is 4.67. The lowest BCUT2D eigenvalue weighted by atomic mass is 9.77. The second-order valence-electron chi connectivity index (χ2n) is 7.71. The maximum absolute atomic E-state index is 10.4. The predicted octanol–water partition coefficient (Wildman–Crippen LogP) is 2.05. The minimum absolute atomic E-state index is 0.117. The summed E-state index contributed by atoms with van der Waals surface area (Å²) in [6, 6.07) is 4.38. The quantitative estimate of drug-likeness (QED) is 0.918. The van der Waals surface area contributed by atoms with E-state index in [0.717, 1.165) is 64.6 Å². The molecule has 2 aliphatic heterocycles. The van der Waals surface area contributed by atoms with Crippen LogP contribution in [0.4, 0.5) is 5.82 Å². The molecule has 3 heterocycles. The van der Waals surface area contributed by atoms with Gasteiger partial charge in [0.1, 0.15) is 5.82 Å². The SMILES string of the molecule is O[C@@H]1CCC[C@]12CCCN(c1ccc(CN3CCOCC3)cn1)C2. The van der Waals surface area contributed by atoms with E-state index >= 15 is 0 Å². The van der Waals surface area contributed by atoms with Crippen molar-refractivity contribution in [1.82, 2.24) is 9.88 Å². The largest absolute Gasteiger partial charge is 0.392 e. The first kappa shape index (κ1) is 16.3. The van der Waals surface area contributed by atoms with Crippen LogP contribution in [-0.2, 0) is 11.3 Å². The Morgan fingerprint density at radius 2 is 2.00 bits per heavy atom. The molecule has 1 saturated carbocycles.